The first-order valence-corrected chi connectivity index (χ1v) is 3.99. The van der Waals surface area contributed by atoms with Crippen LogP contribution in [0.25, 0.3) is 0 Å². The van der Waals surface area contributed by atoms with Gasteiger partial charge in [0, 0.05) is 4.43 Å². The highest BCUT2D eigenvalue weighted by atomic mass is 127. The summed E-state index contributed by atoms with van der Waals surface area (Å²) in [4.78, 5) is 0. The van der Waals surface area contributed by atoms with E-state index in [1.165, 1.54) is 6.26 Å². The van der Waals surface area contributed by atoms with Crippen LogP contribution in [0.15, 0.2) is 12.0 Å². The van der Waals surface area contributed by atoms with Crippen LogP contribution in [0, 0.1) is 0 Å². The highest BCUT2D eigenvalue weighted by Gasteiger charge is 1.80. The predicted octanol–water partition coefficient (Wildman–Crippen LogP) is 1.59. The minimum Gasteiger partial charge on any atom is -0.434 e. The predicted molar refractivity (Wildman–Crippen MR) is 46.3 cm³/mol. The number of rotatable bonds is 2. The van der Waals surface area contributed by atoms with Crippen molar-refractivity contribution in [3.63, 3.8) is 0 Å². The van der Waals surface area contributed by atoms with Gasteiger partial charge in [-0.05, 0) is 0 Å². The van der Waals surface area contributed by atoms with Crippen LogP contribution < -0.4 is 5.73 Å². The molecule has 0 bridgehead atoms. The minimum absolute atomic E-state index is 0.759. The van der Waals surface area contributed by atoms with Crippen molar-refractivity contribution >= 4 is 45.6 Å². The van der Waals surface area contributed by atoms with Crippen LogP contribution in [0.2, 0.25) is 0 Å². The fourth-order valence-corrected chi connectivity index (χ4v) is 0.595. The van der Waals surface area contributed by atoms with Crippen LogP contribution in [0.5, 0.6) is 0 Å². The zero-order valence-corrected chi connectivity index (χ0v) is 7.84. The molecule has 0 heterocycles. The van der Waals surface area contributed by atoms with E-state index in [1.54, 1.807) is 23.0 Å². The second-order valence-corrected chi connectivity index (χ2v) is 2.19. The first-order chi connectivity index (χ1) is 3.31. The fraction of sp³-hybridized carbons (Fsp3) is 0.333. The van der Waals surface area contributed by atoms with Gasteiger partial charge in [0.15, 0.2) is 23.0 Å². The Morgan fingerprint density at radius 2 is 2.43 bits per heavy atom. The Morgan fingerprint density at radius 3 is 2.57 bits per heavy atom. The van der Waals surface area contributed by atoms with Crippen molar-refractivity contribution < 1.29 is 3.07 Å². The monoisotopic (exact) mass is 325 g/mol. The van der Waals surface area contributed by atoms with Crippen molar-refractivity contribution in [3.05, 3.63) is 12.0 Å². The summed E-state index contributed by atoms with van der Waals surface area (Å²) < 4.78 is 5.39. The molecule has 0 fully saturated rings. The van der Waals surface area contributed by atoms with Gasteiger partial charge in [0.05, 0.1) is 5.70 Å². The zero-order chi connectivity index (χ0) is 5.70. The van der Waals surface area contributed by atoms with E-state index in [-0.39, 0.29) is 0 Å². The average molecular weight is 325 g/mol. The van der Waals surface area contributed by atoms with Gasteiger partial charge in [0.1, 0.15) is 6.26 Å². The molecular formula is C3H5I2NO. The van der Waals surface area contributed by atoms with Crippen LogP contribution >= 0.6 is 45.6 Å². The first kappa shape index (κ1) is 7.80. The molecule has 0 aliphatic rings. The van der Waals surface area contributed by atoms with Crippen molar-refractivity contribution in [3.8, 4) is 0 Å². The molecule has 0 atom stereocenters. The molecule has 0 saturated carbocycles. The Kier molecular flexibility index (Phi) is 5.51. The van der Waals surface area contributed by atoms with Gasteiger partial charge in [-0.15, -0.1) is 0 Å². The van der Waals surface area contributed by atoms with Crippen molar-refractivity contribution in [2.45, 2.75) is 0 Å². The average Bonchev–Trinajstić information content (AvgIpc) is 1.68. The lowest BCUT2D eigenvalue weighted by atomic mass is 10.6. The first-order valence-electron chi connectivity index (χ1n) is 1.59. The summed E-state index contributed by atoms with van der Waals surface area (Å²) >= 11 is 3.93. The van der Waals surface area contributed by atoms with Gasteiger partial charge < -0.3 is 8.80 Å². The Labute approximate surface area is 70.3 Å². The molecule has 0 saturated heterocycles. The van der Waals surface area contributed by atoms with Gasteiger partial charge in [0.25, 0.3) is 0 Å². The maximum atomic E-state index is 5.31. The van der Waals surface area contributed by atoms with Crippen molar-refractivity contribution in [1.29, 1.82) is 0 Å². The molecule has 0 unspecified atom stereocenters. The van der Waals surface area contributed by atoms with E-state index in [0.29, 0.717) is 0 Å². The molecule has 0 amide bonds. The van der Waals surface area contributed by atoms with E-state index in [0.717, 1.165) is 10.1 Å². The van der Waals surface area contributed by atoms with E-state index in [1.807, 2.05) is 0 Å². The lowest BCUT2D eigenvalue weighted by molar-refractivity contribution is 0.627. The van der Waals surface area contributed by atoms with Crippen LogP contribution in [-0.2, 0) is 3.07 Å². The van der Waals surface area contributed by atoms with Gasteiger partial charge in [0.2, 0.25) is 0 Å². The number of hydrogen-bond acceptors (Lipinski definition) is 2. The summed E-state index contributed by atoms with van der Waals surface area (Å²) in [7, 11) is 0. The van der Waals surface area contributed by atoms with Gasteiger partial charge in [-0.25, -0.2) is 0 Å². The quantitative estimate of drug-likeness (QED) is 0.475. The lowest BCUT2D eigenvalue weighted by Gasteiger charge is -1.88. The molecule has 0 spiro atoms. The Bertz CT molecular complexity index is 73.3. The third-order valence-electron chi connectivity index (χ3n) is 0.350. The number of alkyl halides is 1. The maximum absolute atomic E-state index is 5.31. The molecule has 0 aliphatic carbocycles. The Morgan fingerprint density at radius 1 is 1.86 bits per heavy atom. The second-order valence-electron chi connectivity index (χ2n) is 0.915. The molecule has 0 aromatic carbocycles. The molecule has 0 rings (SSSR count). The summed E-state index contributed by atoms with van der Waals surface area (Å²) in [6.07, 6.45) is 1.52. The third kappa shape index (κ3) is 4.66. The minimum atomic E-state index is 0.759. The standard InChI is InChI=1S/C3H5I2NO/c4-1-3(6)2-7-5/h2H,1,6H2/b3-2+. The summed E-state index contributed by atoms with van der Waals surface area (Å²) in [6.45, 7) is 0. The van der Waals surface area contributed by atoms with Gasteiger partial charge in [-0.2, -0.15) is 0 Å². The number of allylic oxidation sites excluding steroid dienone is 1. The van der Waals surface area contributed by atoms with Crippen molar-refractivity contribution in [2.75, 3.05) is 4.43 Å². The Hall–Kier alpha value is 0.800. The molecule has 2 N–H and O–H groups in total. The normalized spacial score (nSPS) is 11.4. The SMILES string of the molecule is N/C(=C/OI)CI. The smallest absolute Gasteiger partial charge is 0.191 e. The van der Waals surface area contributed by atoms with Crippen LogP contribution in [0.1, 0.15) is 0 Å². The summed E-state index contributed by atoms with van der Waals surface area (Å²) in [5.41, 5.74) is 6.07. The Balaban J connectivity index is 3.29. The van der Waals surface area contributed by atoms with E-state index in [9.17, 15) is 0 Å². The molecular weight excluding hydrogens is 320 g/mol. The van der Waals surface area contributed by atoms with Gasteiger partial charge >= 0.3 is 0 Å². The highest BCUT2D eigenvalue weighted by molar-refractivity contribution is 14.1. The summed E-state index contributed by atoms with van der Waals surface area (Å²) in [5.74, 6) is 0. The van der Waals surface area contributed by atoms with Gasteiger partial charge in [-0.1, -0.05) is 22.6 Å². The van der Waals surface area contributed by atoms with E-state index in [4.69, 9.17) is 5.73 Å². The zero-order valence-electron chi connectivity index (χ0n) is 3.53. The number of halogens is 2. The molecule has 0 aliphatic heterocycles. The molecule has 0 aromatic rings. The molecule has 42 valence electrons. The molecule has 7 heavy (non-hydrogen) atoms. The number of hydrogen-bond donors (Lipinski definition) is 1. The molecule has 4 heteroatoms. The van der Waals surface area contributed by atoms with Crippen LogP contribution in [0.3, 0.4) is 0 Å². The summed E-state index contributed by atoms with van der Waals surface area (Å²) in [5, 5.41) is 0. The molecule has 2 nitrogen and oxygen atoms in total. The molecule has 0 aromatic heterocycles. The topological polar surface area (TPSA) is 35.2 Å². The summed E-state index contributed by atoms with van der Waals surface area (Å²) in [6, 6.07) is 0. The van der Waals surface area contributed by atoms with Crippen molar-refractivity contribution in [2.24, 2.45) is 5.73 Å². The van der Waals surface area contributed by atoms with Gasteiger partial charge in [-0.3, -0.25) is 0 Å². The lowest BCUT2D eigenvalue weighted by Crippen LogP contribution is -1.96. The largest absolute Gasteiger partial charge is 0.434 e. The van der Waals surface area contributed by atoms with Crippen molar-refractivity contribution in [1.82, 2.24) is 0 Å². The molecule has 0 radical (unpaired) electrons. The fourth-order valence-electron chi connectivity index (χ4n) is 0.0887. The van der Waals surface area contributed by atoms with Crippen LogP contribution in [-0.4, -0.2) is 4.43 Å². The third-order valence-corrected chi connectivity index (χ3v) is 1.49. The van der Waals surface area contributed by atoms with E-state index >= 15 is 0 Å². The van der Waals surface area contributed by atoms with Crippen LogP contribution in [0.4, 0.5) is 0 Å². The van der Waals surface area contributed by atoms with E-state index in [2.05, 4.69) is 25.7 Å². The number of nitrogens with two attached hydrogens (primary N) is 1. The second kappa shape index (κ2) is 4.95. The maximum Gasteiger partial charge on any atom is 0.191 e. The highest BCUT2D eigenvalue weighted by Crippen LogP contribution is 1.94. The van der Waals surface area contributed by atoms with E-state index < -0.39 is 0 Å².